The van der Waals surface area contributed by atoms with Gasteiger partial charge in [-0.3, -0.25) is 0 Å². The molecule has 5 nitrogen and oxygen atoms in total. The number of anilines is 2. The first-order chi connectivity index (χ1) is 19.4. The van der Waals surface area contributed by atoms with E-state index in [-0.39, 0.29) is 42.3 Å². The largest absolute Gasteiger partial charge is 0.416 e. The van der Waals surface area contributed by atoms with Crippen LogP contribution in [-0.2, 0) is 38.0 Å². The monoisotopic (exact) mass is 616 g/mol. The molecule has 1 fully saturated rings. The minimum atomic E-state index is -4.94. The van der Waals surface area contributed by atoms with Crippen molar-refractivity contribution in [1.29, 1.82) is 0 Å². The van der Waals surface area contributed by atoms with E-state index < -0.39 is 29.4 Å². The summed E-state index contributed by atoms with van der Waals surface area (Å²) < 4.78 is 86.9. The minimum Gasteiger partial charge on any atom is -0.371 e. The molecular formula is C30H35ClF6N4O. The quantitative estimate of drug-likeness (QED) is 0.246. The molecule has 0 amide bonds. The molecule has 0 bridgehead atoms. The van der Waals surface area contributed by atoms with Crippen LogP contribution in [0.25, 0.3) is 0 Å². The van der Waals surface area contributed by atoms with Gasteiger partial charge in [-0.2, -0.15) is 31.3 Å². The second-order valence-electron chi connectivity index (χ2n) is 11.3. The molecule has 0 aliphatic heterocycles. The van der Waals surface area contributed by atoms with E-state index >= 15 is 0 Å². The Morgan fingerprint density at radius 1 is 0.905 bits per heavy atom. The molecule has 0 saturated heterocycles. The number of fused-ring (bicyclic) bond motifs is 1. The zero-order valence-electron chi connectivity index (χ0n) is 23.3. The summed E-state index contributed by atoms with van der Waals surface area (Å²) in [6.07, 6.45) is -1.99. The number of rotatable bonds is 9. The molecule has 1 unspecified atom stereocenters. The highest BCUT2D eigenvalue weighted by Gasteiger charge is 2.37. The summed E-state index contributed by atoms with van der Waals surface area (Å²) in [6, 6.07) is 6.05. The molecule has 5 rings (SSSR count). The Hall–Kier alpha value is -2.95. The van der Waals surface area contributed by atoms with Gasteiger partial charge in [-0.1, -0.05) is 18.9 Å². The van der Waals surface area contributed by atoms with E-state index in [1.165, 1.54) is 36.8 Å². The number of aromatic nitrogens is 2. The maximum absolute atomic E-state index is 13.6. The number of nitrogen functional groups attached to an aromatic ring is 1. The van der Waals surface area contributed by atoms with Gasteiger partial charge in [-0.05, 0) is 109 Å². The van der Waals surface area contributed by atoms with Crippen LogP contribution in [0, 0.1) is 5.92 Å². The number of alkyl halides is 6. The maximum Gasteiger partial charge on any atom is 0.416 e. The summed E-state index contributed by atoms with van der Waals surface area (Å²) in [7, 11) is 0. The van der Waals surface area contributed by atoms with Gasteiger partial charge in [0.1, 0.15) is 0 Å². The van der Waals surface area contributed by atoms with E-state index in [2.05, 4.69) is 34.1 Å². The standard InChI is InChI=1S/C30H34F6N4O.ClH/c1-2-40(17-18-6-3-4-7-18)26-15-21-9-5-8-20(21)13-22(26)14-23(27-38-28(37)39-41-27)10-19-11-24(29(31,32)33)16-25(12-19)30(34,35)36;/h11-13,15-16,18,23H,2-10,14,17H2,1H3,(H2,37,39);1H. The van der Waals surface area contributed by atoms with Gasteiger partial charge >= 0.3 is 12.4 Å². The van der Waals surface area contributed by atoms with Crippen molar-refractivity contribution in [3.8, 4) is 0 Å². The van der Waals surface area contributed by atoms with E-state index in [1.54, 1.807) is 0 Å². The predicted molar refractivity (Wildman–Crippen MR) is 151 cm³/mol. The van der Waals surface area contributed by atoms with Crippen molar-refractivity contribution in [3.63, 3.8) is 0 Å². The van der Waals surface area contributed by atoms with Crippen molar-refractivity contribution in [2.75, 3.05) is 23.7 Å². The highest BCUT2D eigenvalue weighted by Crippen LogP contribution is 2.39. The normalized spacial score (nSPS) is 16.4. The second-order valence-corrected chi connectivity index (χ2v) is 11.3. The molecule has 1 heterocycles. The van der Waals surface area contributed by atoms with Crippen LogP contribution >= 0.6 is 12.4 Å². The van der Waals surface area contributed by atoms with E-state index in [9.17, 15) is 26.3 Å². The molecule has 0 radical (unpaired) electrons. The smallest absolute Gasteiger partial charge is 0.371 e. The molecule has 230 valence electrons. The third-order valence-electron chi connectivity index (χ3n) is 8.37. The Morgan fingerprint density at radius 3 is 2.07 bits per heavy atom. The molecule has 12 heteroatoms. The lowest BCUT2D eigenvalue weighted by molar-refractivity contribution is -0.143. The maximum atomic E-state index is 13.6. The highest BCUT2D eigenvalue weighted by atomic mass is 35.5. The van der Waals surface area contributed by atoms with Gasteiger partial charge in [0.05, 0.1) is 11.1 Å². The lowest BCUT2D eigenvalue weighted by Crippen LogP contribution is -2.29. The van der Waals surface area contributed by atoms with Gasteiger partial charge in [-0.15, -0.1) is 12.4 Å². The van der Waals surface area contributed by atoms with Crippen molar-refractivity contribution in [3.05, 3.63) is 69.6 Å². The first-order valence-electron chi connectivity index (χ1n) is 14.2. The van der Waals surface area contributed by atoms with E-state index in [4.69, 9.17) is 10.3 Å². The van der Waals surface area contributed by atoms with Crippen molar-refractivity contribution in [1.82, 2.24) is 10.1 Å². The van der Waals surface area contributed by atoms with Crippen LogP contribution < -0.4 is 10.6 Å². The molecule has 2 aromatic carbocycles. The van der Waals surface area contributed by atoms with Gasteiger partial charge < -0.3 is 15.2 Å². The van der Waals surface area contributed by atoms with E-state index in [0.717, 1.165) is 55.7 Å². The first-order valence-corrected chi connectivity index (χ1v) is 14.2. The van der Waals surface area contributed by atoms with Crippen LogP contribution in [0.4, 0.5) is 38.0 Å². The van der Waals surface area contributed by atoms with Gasteiger partial charge in [0.15, 0.2) is 0 Å². The van der Waals surface area contributed by atoms with Gasteiger partial charge in [0, 0.05) is 24.7 Å². The molecule has 42 heavy (non-hydrogen) atoms. The summed E-state index contributed by atoms with van der Waals surface area (Å²) in [5, 5.41) is 3.66. The third-order valence-corrected chi connectivity index (χ3v) is 8.37. The predicted octanol–water partition coefficient (Wildman–Crippen LogP) is 8.19. The highest BCUT2D eigenvalue weighted by molar-refractivity contribution is 5.85. The number of benzene rings is 2. The average Bonchev–Trinajstić information content (AvgIpc) is 3.67. The lowest BCUT2D eigenvalue weighted by Gasteiger charge is -2.30. The van der Waals surface area contributed by atoms with Gasteiger partial charge in [-0.25, -0.2) is 0 Å². The SMILES string of the molecule is CCN(CC1CCCC1)c1cc2c(cc1CC(Cc1cc(C(F)(F)F)cc(C(F)(F)F)c1)c1nc(N)no1)CCC2.Cl. The number of aryl methyl sites for hydroxylation is 2. The molecular weight excluding hydrogens is 582 g/mol. The Kier molecular flexibility index (Phi) is 9.69. The van der Waals surface area contributed by atoms with Crippen LogP contribution in [0.1, 0.15) is 84.2 Å². The lowest BCUT2D eigenvalue weighted by atomic mass is 9.88. The van der Waals surface area contributed by atoms with Crippen molar-refractivity contribution in [2.45, 2.75) is 83.0 Å². The van der Waals surface area contributed by atoms with Crippen molar-refractivity contribution < 1.29 is 30.9 Å². The van der Waals surface area contributed by atoms with Crippen LogP contribution in [0.2, 0.25) is 0 Å². The number of nitrogens with zero attached hydrogens (tertiary/aromatic N) is 3. The number of nitrogens with two attached hydrogens (primary N) is 1. The molecule has 2 aliphatic rings. The van der Waals surface area contributed by atoms with Crippen molar-refractivity contribution >= 4 is 24.0 Å². The van der Waals surface area contributed by atoms with Crippen LogP contribution in [0.15, 0.2) is 34.9 Å². The summed E-state index contributed by atoms with van der Waals surface area (Å²) in [5.41, 5.74) is 7.43. The zero-order valence-corrected chi connectivity index (χ0v) is 24.1. The fraction of sp³-hybridized carbons (Fsp3) is 0.533. The number of halogens is 7. The topological polar surface area (TPSA) is 68.2 Å². The molecule has 3 aromatic rings. The Morgan fingerprint density at radius 2 is 1.52 bits per heavy atom. The third kappa shape index (κ3) is 7.33. The molecule has 1 saturated carbocycles. The summed E-state index contributed by atoms with van der Waals surface area (Å²) >= 11 is 0. The Labute approximate surface area is 247 Å². The Balaban J connectivity index is 0.00000405. The van der Waals surface area contributed by atoms with E-state index in [1.807, 2.05) is 0 Å². The second kappa shape index (κ2) is 12.7. The fourth-order valence-electron chi connectivity index (χ4n) is 6.37. The fourth-order valence-corrected chi connectivity index (χ4v) is 6.37. The Bertz CT molecular complexity index is 1330. The molecule has 1 aromatic heterocycles. The molecule has 0 spiro atoms. The molecule has 2 aliphatic carbocycles. The molecule has 1 atom stereocenters. The van der Waals surface area contributed by atoms with Crippen molar-refractivity contribution in [2.24, 2.45) is 5.92 Å². The summed E-state index contributed by atoms with van der Waals surface area (Å²) in [5.74, 6) is -0.157. The van der Waals surface area contributed by atoms with Gasteiger partial charge in [0.25, 0.3) is 5.95 Å². The summed E-state index contributed by atoms with van der Waals surface area (Å²) in [4.78, 5) is 6.49. The van der Waals surface area contributed by atoms with Gasteiger partial charge in [0.2, 0.25) is 5.89 Å². The van der Waals surface area contributed by atoms with Crippen LogP contribution in [0.3, 0.4) is 0 Å². The number of hydrogen-bond donors (Lipinski definition) is 1. The summed E-state index contributed by atoms with van der Waals surface area (Å²) in [6.45, 7) is 3.79. The van der Waals surface area contributed by atoms with Crippen LogP contribution in [-0.4, -0.2) is 23.2 Å². The van der Waals surface area contributed by atoms with Crippen LogP contribution in [0.5, 0.6) is 0 Å². The average molecular weight is 617 g/mol. The zero-order chi connectivity index (χ0) is 29.4. The first kappa shape index (κ1) is 32.0. The number of hydrogen-bond acceptors (Lipinski definition) is 5. The molecule has 2 N–H and O–H groups in total. The van der Waals surface area contributed by atoms with E-state index in [0.29, 0.717) is 12.3 Å². The minimum absolute atomic E-state index is 0.